The second-order valence-corrected chi connectivity index (χ2v) is 16.2. The summed E-state index contributed by atoms with van der Waals surface area (Å²) in [5.74, 6) is 0.172. The lowest BCUT2D eigenvalue weighted by Crippen LogP contribution is -2.28. The monoisotopic (exact) mass is 772 g/mol. The fraction of sp³-hybridized carbons (Fsp3) is 0.0714. The van der Waals surface area contributed by atoms with Crippen molar-refractivity contribution < 1.29 is 8.83 Å². The van der Waals surface area contributed by atoms with E-state index in [2.05, 4.69) is 218 Å². The molecule has 0 spiro atoms. The number of furan rings is 2. The highest BCUT2D eigenvalue weighted by molar-refractivity contribution is 6.09. The van der Waals surface area contributed by atoms with Crippen molar-refractivity contribution in [3.8, 4) is 0 Å². The van der Waals surface area contributed by atoms with Gasteiger partial charge in [-0.3, -0.25) is 0 Å². The molecule has 0 amide bonds. The molecule has 60 heavy (non-hydrogen) atoms. The summed E-state index contributed by atoms with van der Waals surface area (Å²) >= 11 is 0. The summed E-state index contributed by atoms with van der Waals surface area (Å²) in [6.45, 7) is 4.28. The number of hydrogen-bond donors (Lipinski definition) is 0. The maximum absolute atomic E-state index is 6.34. The van der Waals surface area contributed by atoms with E-state index >= 15 is 0 Å². The van der Waals surface area contributed by atoms with Gasteiger partial charge in [-0.25, -0.2) is 0 Å². The Labute approximate surface area is 348 Å². The summed E-state index contributed by atoms with van der Waals surface area (Å²) < 4.78 is 12.7. The first-order valence-electron chi connectivity index (χ1n) is 20.7. The van der Waals surface area contributed by atoms with Crippen molar-refractivity contribution in [1.82, 2.24) is 0 Å². The van der Waals surface area contributed by atoms with Gasteiger partial charge in [0, 0.05) is 67.3 Å². The Morgan fingerprint density at radius 1 is 0.350 bits per heavy atom. The van der Waals surface area contributed by atoms with Crippen molar-refractivity contribution in [3.05, 3.63) is 228 Å². The maximum Gasteiger partial charge on any atom is 0.135 e. The number of allylic oxidation sites excluding steroid dienone is 2. The molecule has 0 radical (unpaired) electrons. The zero-order valence-electron chi connectivity index (χ0n) is 33.3. The van der Waals surface area contributed by atoms with E-state index in [1.54, 1.807) is 0 Å². The molecule has 2 aromatic heterocycles. The molecular weight excluding hydrogens is 733 g/mol. The van der Waals surface area contributed by atoms with Gasteiger partial charge in [0.1, 0.15) is 22.3 Å². The molecule has 10 aromatic rings. The molecular formula is C56H40N2O2. The molecule has 8 aromatic carbocycles. The first kappa shape index (κ1) is 34.5. The number of nitrogens with zero attached hydrogens (tertiary/aromatic N) is 2. The van der Waals surface area contributed by atoms with Crippen LogP contribution in [0.25, 0.3) is 55.3 Å². The predicted octanol–water partition coefficient (Wildman–Crippen LogP) is 15.4. The lowest BCUT2D eigenvalue weighted by atomic mass is 9.69. The van der Waals surface area contributed by atoms with Crippen molar-refractivity contribution in [2.24, 2.45) is 0 Å². The minimum absolute atomic E-state index is 0.0862. The van der Waals surface area contributed by atoms with Crippen LogP contribution in [0.2, 0.25) is 0 Å². The molecule has 0 aliphatic heterocycles. The average molecular weight is 773 g/mol. The van der Waals surface area contributed by atoms with Gasteiger partial charge >= 0.3 is 0 Å². The maximum atomic E-state index is 6.34. The molecule has 0 saturated carbocycles. The van der Waals surface area contributed by atoms with Crippen LogP contribution in [-0.4, -0.2) is 0 Å². The van der Waals surface area contributed by atoms with E-state index in [9.17, 15) is 0 Å². The molecule has 12 rings (SSSR count). The van der Waals surface area contributed by atoms with Gasteiger partial charge in [-0.1, -0.05) is 120 Å². The standard InChI is InChI=1S/C56H40N2O2/c1-35-21-25-53-47(29-35)49-31-39(23-27-55(49)59-53)57(37-13-5-3-6-14-37)51-33-45-42-18-10-12-20-44(42)52(34-46(45)41-17-9-11-19-43(41)51)58(38-15-7-4-8-16-38)40-24-28-56-50(32-40)48-30-36(2)22-26-54(48)60-56/h3-34,45-46H,1-2H3/t45-,46?/m0/s1. The summed E-state index contributed by atoms with van der Waals surface area (Å²) in [5, 5.41) is 4.50. The molecule has 4 heteroatoms. The number of anilines is 4. The van der Waals surface area contributed by atoms with Gasteiger partial charge < -0.3 is 18.6 Å². The van der Waals surface area contributed by atoms with E-state index in [-0.39, 0.29) is 11.8 Å². The van der Waals surface area contributed by atoms with Crippen LogP contribution < -0.4 is 9.80 Å². The van der Waals surface area contributed by atoms with Gasteiger partial charge in [0.15, 0.2) is 0 Å². The Balaban J connectivity index is 1.06. The van der Waals surface area contributed by atoms with Gasteiger partial charge in [0.05, 0.1) is 11.4 Å². The second-order valence-electron chi connectivity index (χ2n) is 16.2. The smallest absolute Gasteiger partial charge is 0.135 e. The third-order valence-electron chi connectivity index (χ3n) is 12.5. The van der Waals surface area contributed by atoms with E-state index in [0.717, 1.165) is 66.6 Å². The van der Waals surface area contributed by atoms with E-state index in [1.807, 2.05) is 0 Å². The van der Waals surface area contributed by atoms with Crippen molar-refractivity contribution in [3.63, 3.8) is 0 Å². The molecule has 2 aliphatic rings. The SMILES string of the molecule is Cc1ccc2oc3ccc(N(C4=C[C@H]5c6ccccc6C(N(c6ccccc6)c6ccc7oc8ccc(C)cc8c7c6)=CC5c5ccccc54)c4ccccc4)cc3c2c1. The Morgan fingerprint density at radius 3 is 1.15 bits per heavy atom. The molecule has 286 valence electrons. The van der Waals surface area contributed by atoms with Gasteiger partial charge in [0.2, 0.25) is 0 Å². The topological polar surface area (TPSA) is 32.8 Å². The van der Waals surface area contributed by atoms with Gasteiger partial charge in [0.25, 0.3) is 0 Å². The van der Waals surface area contributed by atoms with Crippen LogP contribution in [0.3, 0.4) is 0 Å². The average Bonchev–Trinajstić information content (AvgIpc) is 3.84. The van der Waals surface area contributed by atoms with Crippen molar-refractivity contribution in [2.75, 3.05) is 9.80 Å². The van der Waals surface area contributed by atoms with Gasteiger partial charge in [-0.05, 0) is 110 Å². The van der Waals surface area contributed by atoms with E-state index in [1.165, 1.54) is 44.8 Å². The highest BCUT2D eigenvalue weighted by Crippen LogP contribution is 2.54. The fourth-order valence-corrected chi connectivity index (χ4v) is 9.77. The van der Waals surface area contributed by atoms with Crippen molar-refractivity contribution >= 4 is 78.0 Å². The summed E-state index contributed by atoms with van der Waals surface area (Å²) in [4.78, 5) is 4.88. The van der Waals surface area contributed by atoms with Crippen LogP contribution in [0, 0.1) is 13.8 Å². The summed E-state index contributed by atoms with van der Waals surface area (Å²) in [6.07, 6.45) is 5.04. The third kappa shape index (κ3) is 5.45. The van der Waals surface area contributed by atoms with E-state index < -0.39 is 0 Å². The summed E-state index contributed by atoms with van der Waals surface area (Å²) in [6, 6.07) is 65.7. The summed E-state index contributed by atoms with van der Waals surface area (Å²) in [5.41, 5.74) is 17.8. The predicted molar refractivity (Wildman–Crippen MR) is 248 cm³/mol. The molecule has 0 N–H and O–H groups in total. The minimum atomic E-state index is 0.0862. The molecule has 2 aliphatic carbocycles. The highest BCUT2D eigenvalue weighted by atomic mass is 16.3. The third-order valence-corrected chi connectivity index (χ3v) is 12.5. The Kier molecular flexibility index (Phi) is 7.76. The number of aryl methyl sites for hydroxylation is 2. The van der Waals surface area contributed by atoms with E-state index in [0.29, 0.717) is 0 Å². The molecule has 2 atom stereocenters. The Bertz CT molecular complexity index is 3140. The van der Waals surface area contributed by atoms with E-state index in [4.69, 9.17) is 8.83 Å². The molecule has 4 nitrogen and oxygen atoms in total. The van der Waals surface area contributed by atoms with Crippen LogP contribution in [0.1, 0.15) is 45.2 Å². The largest absolute Gasteiger partial charge is 0.456 e. The molecule has 2 heterocycles. The first-order valence-corrected chi connectivity index (χ1v) is 20.7. The van der Waals surface area contributed by atoms with Gasteiger partial charge in [-0.15, -0.1) is 0 Å². The van der Waals surface area contributed by atoms with Crippen LogP contribution >= 0.6 is 0 Å². The molecule has 1 unspecified atom stereocenters. The molecule has 0 fully saturated rings. The second kappa shape index (κ2) is 13.5. The quantitative estimate of drug-likeness (QED) is 0.168. The highest BCUT2D eigenvalue weighted by Gasteiger charge is 2.38. The zero-order chi connectivity index (χ0) is 39.9. The first-order chi connectivity index (χ1) is 29.6. The van der Waals surface area contributed by atoms with Crippen LogP contribution in [0.15, 0.2) is 203 Å². The molecule has 0 bridgehead atoms. The minimum Gasteiger partial charge on any atom is -0.456 e. The zero-order valence-corrected chi connectivity index (χ0v) is 33.3. The van der Waals surface area contributed by atoms with Crippen molar-refractivity contribution in [1.29, 1.82) is 0 Å². The number of para-hydroxylation sites is 2. The van der Waals surface area contributed by atoms with Gasteiger partial charge in [-0.2, -0.15) is 0 Å². The summed E-state index contributed by atoms with van der Waals surface area (Å²) in [7, 11) is 0. The number of rotatable bonds is 6. The molecule has 0 saturated heterocycles. The Morgan fingerprint density at radius 2 is 0.717 bits per heavy atom. The van der Waals surface area contributed by atoms with Crippen LogP contribution in [-0.2, 0) is 0 Å². The normalized spacial score (nSPS) is 15.7. The van der Waals surface area contributed by atoms with Crippen LogP contribution in [0.4, 0.5) is 22.7 Å². The van der Waals surface area contributed by atoms with Crippen molar-refractivity contribution in [2.45, 2.75) is 25.7 Å². The van der Waals surface area contributed by atoms with Crippen LogP contribution in [0.5, 0.6) is 0 Å². The number of fused-ring (bicyclic) bond motifs is 11. The Hall–Kier alpha value is -7.56. The lowest BCUT2D eigenvalue weighted by Gasteiger charge is -2.41. The lowest BCUT2D eigenvalue weighted by molar-refractivity contribution is 0.668. The number of hydrogen-bond acceptors (Lipinski definition) is 4. The number of benzene rings is 8. The fourth-order valence-electron chi connectivity index (χ4n) is 9.77.